The Bertz CT molecular complexity index is 307. The van der Waals surface area contributed by atoms with Crippen molar-refractivity contribution in [2.45, 2.75) is 63.7 Å². The number of rotatable bonds is 6. The number of sulfone groups is 1. The largest absolute Gasteiger partial charge is 0.314 e. The molecular weight excluding hydrogens is 234 g/mol. The zero-order chi connectivity index (χ0) is 12.9. The molecule has 1 saturated carbocycles. The van der Waals surface area contributed by atoms with Crippen LogP contribution in [0.4, 0.5) is 0 Å². The van der Waals surface area contributed by atoms with Crippen molar-refractivity contribution in [1.82, 2.24) is 5.32 Å². The minimum absolute atomic E-state index is 0.0979. The van der Waals surface area contributed by atoms with Crippen LogP contribution >= 0.6 is 0 Å². The van der Waals surface area contributed by atoms with E-state index in [9.17, 15) is 8.42 Å². The van der Waals surface area contributed by atoms with E-state index in [0.717, 1.165) is 38.6 Å². The minimum atomic E-state index is -2.85. The Morgan fingerprint density at radius 3 is 2.53 bits per heavy atom. The van der Waals surface area contributed by atoms with Crippen LogP contribution < -0.4 is 5.32 Å². The topological polar surface area (TPSA) is 46.2 Å². The van der Waals surface area contributed by atoms with E-state index >= 15 is 0 Å². The molecule has 0 radical (unpaired) electrons. The first-order chi connectivity index (χ1) is 7.99. The van der Waals surface area contributed by atoms with Gasteiger partial charge >= 0.3 is 0 Å². The maximum Gasteiger partial charge on any atom is 0.150 e. The van der Waals surface area contributed by atoms with E-state index in [2.05, 4.69) is 19.2 Å². The van der Waals surface area contributed by atoms with E-state index in [0.29, 0.717) is 12.0 Å². The molecule has 3 nitrogen and oxygen atoms in total. The molecule has 0 bridgehead atoms. The summed E-state index contributed by atoms with van der Waals surface area (Å²) in [4.78, 5) is 0. The third-order valence-electron chi connectivity index (χ3n) is 3.91. The SMILES string of the molecule is CCCC(NCC)C1CCCC(S(C)(=O)=O)C1. The lowest BCUT2D eigenvalue weighted by Gasteiger charge is -2.34. The van der Waals surface area contributed by atoms with E-state index in [1.807, 2.05) is 0 Å². The zero-order valence-corrected chi connectivity index (χ0v) is 12.2. The van der Waals surface area contributed by atoms with Gasteiger partial charge in [-0.3, -0.25) is 0 Å². The molecule has 0 aliphatic heterocycles. The quantitative estimate of drug-likeness (QED) is 0.798. The lowest BCUT2D eigenvalue weighted by Crippen LogP contribution is -2.40. The molecule has 17 heavy (non-hydrogen) atoms. The summed E-state index contributed by atoms with van der Waals surface area (Å²) in [7, 11) is -2.85. The van der Waals surface area contributed by atoms with E-state index in [4.69, 9.17) is 0 Å². The van der Waals surface area contributed by atoms with Gasteiger partial charge < -0.3 is 5.32 Å². The van der Waals surface area contributed by atoms with Gasteiger partial charge in [0.2, 0.25) is 0 Å². The second-order valence-corrected chi connectivity index (χ2v) is 7.66. The standard InChI is InChI=1S/C13H27NO2S/c1-4-7-13(14-5-2)11-8-6-9-12(10-11)17(3,15)16/h11-14H,4-10H2,1-3H3. The minimum Gasteiger partial charge on any atom is -0.314 e. The van der Waals surface area contributed by atoms with Crippen LogP contribution in [0.15, 0.2) is 0 Å². The molecule has 0 aromatic carbocycles. The molecule has 1 aliphatic carbocycles. The predicted molar refractivity (Wildman–Crippen MR) is 73.0 cm³/mol. The van der Waals surface area contributed by atoms with Gasteiger partial charge in [-0.25, -0.2) is 8.42 Å². The smallest absolute Gasteiger partial charge is 0.150 e. The Morgan fingerprint density at radius 2 is 2.00 bits per heavy atom. The molecule has 3 atom stereocenters. The molecule has 0 saturated heterocycles. The molecule has 1 fully saturated rings. The fraction of sp³-hybridized carbons (Fsp3) is 1.00. The second-order valence-electron chi connectivity index (χ2n) is 5.33. The van der Waals surface area contributed by atoms with Crippen molar-refractivity contribution < 1.29 is 8.42 Å². The number of nitrogens with one attached hydrogen (secondary N) is 1. The number of hydrogen-bond acceptors (Lipinski definition) is 3. The Hall–Kier alpha value is -0.0900. The molecule has 3 unspecified atom stereocenters. The summed E-state index contributed by atoms with van der Waals surface area (Å²) in [6.07, 6.45) is 7.68. The molecule has 0 heterocycles. The van der Waals surface area contributed by atoms with Crippen molar-refractivity contribution in [3.8, 4) is 0 Å². The fourth-order valence-electron chi connectivity index (χ4n) is 3.01. The maximum absolute atomic E-state index is 11.6. The molecular formula is C13H27NO2S. The Balaban J connectivity index is 2.63. The predicted octanol–water partition coefficient (Wildman–Crippen LogP) is 2.37. The second kappa shape index (κ2) is 6.74. The first-order valence-corrected chi connectivity index (χ1v) is 8.86. The van der Waals surface area contributed by atoms with Crippen molar-refractivity contribution in [2.75, 3.05) is 12.8 Å². The summed E-state index contributed by atoms with van der Waals surface area (Å²) >= 11 is 0. The van der Waals surface area contributed by atoms with Gasteiger partial charge in [0.1, 0.15) is 9.84 Å². The van der Waals surface area contributed by atoms with Crippen LogP contribution in [0.5, 0.6) is 0 Å². The highest BCUT2D eigenvalue weighted by Crippen LogP contribution is 2.31. The molecule has 1 rings (SSSR count). The zero-order valence-electron chi connectivity index (χ0n) is 11.4. The van der Waals surface area contributed by atoms with Crippen LogP contribution in [-0.2, 0) is 9.84 Å². The molecule has 0 spiro atoms. The molecule has 0 aromatic heterocycles. The van der Waals surface area contributed by atoms with Crippen LogP contribution in [-0.4, -0.2) is 32.5 Å². The average molecular weight is 261 g/mol. The van der Waals surface area contributed by atoms with Gasteiger partial charge in [0, 0.05) is 12.3 Å². The van der Waals surface area contributed by atoms with Crippen LogP contribution in [0.1, 0.15) is 52.4 Å². The first kappa shape index (κ1) is 15.0. The summed E-state index contributed by atoms with van der Waals surface area (Å²) < 4.78 is 23.3. The van der Waals surface area contributed by atoms with E-state index in [-0.39, 0.29) is 5.25 Å². The van der Waals surface area contributed by atoms with Crippen LogP contribution in [0.25, 0.3) is 0 Å². The van der Waals surface area contributed by atoms with Crippen LogP contribution in [0.2, 0.25) is 0 Å². The van der Waals surface area contributed by atoms with Crippen molar-refractivity contribution in [3.05, 3.63) is 0 Å². The molecule has 1 aliphatic rings. The molecule has 102 valence electrons. The Morgan fingerprint density at radius 1 is 1.29 bits per heavy atom. The van der Waals surface area contributed by atoms with Crippen LogP contribution in [0.3, 0.4) is 0 Å². The highest BCUT2D eigenvalue weighted by molar-refractivity contribution is 7.91. The summed E-state index contributed by atoms with van der Waals surface area (Å²) in [5.74, 6) is 0.545. The van der Waals surface area contributed by atoms with Gasteiger partial charge in [0.05, 0.1) is 5.25 Å². The van der Waals surface area contributed by atoms with Gasteiger partial charge in [0.15, 0.2) is 0 Å². The van der Waals surface area contributed by atoms with E-state index < -0.39 is 9.84 Å². The summed E-state index contributed by atoms with van der Waals surface area (Å²) in [6.45, 7) is 5.30. The van der Waals surface area contributed by atoms with E-state index in [1.165, 1.54) is 12.7 Å². The van der Waals surface area contributed by atoms with Crippen LogP contribution in [0, 0.1) is 5.92 Å². The van der Waals surface area contributed by atoms with Gasteiger partial charge in [-0.2, -0.15) is 0 Å². The Labute approximate surface area is 106 Å². The van der Waals surface area contributed by atoms with Crippen molar-refractivity contribution in [3.63, 3.8) is 0 Å². The summed E-state index contributed by atoms with van der Waals surface area (Å²) in [5, 5.41) is 3.43. The summed E-state index contributed by atoms with van der Waals surface area (Å²) in [5.41, 5.74) is 0. The van der Waals surface area contributed by atoms with Crippen molar-refractivity contribution in [1.29, 1.82) is 0 Å². The van der Waals surface area contributed by atoms with E-state index in [1.54, 1.807) is 0 Å². The lowest BCUT2D eigenvalue weighted by molar-refractivity contribution is 0.260. The van der Waals surface area contributed by atoms with Gasteiger partial charge in [0.25, 0.3) is 0 Å². The monoisotopic (exact) mass is 261 g/mol. The average Bonchev–Trinajstić information content (AvgIpc) is 2.28. The molecule has 0 amide bonds. The molecule has 4 heteroatoms. The number of hydrogen-bond donors (Lipinski definition) is 1. The summed E-state index contributed by atoms with van der Waals surface area (Å²) in [6, 6.07) is 0.509. The third kappa shape index (κ3) is 4.59. The molecule has 1 N–H and O–H groups in total. The van der Waals surface area contributed by atoms with Gasteiger partial charge in [-0.05, 0) is 38.1 Å². The lowest BCUT2D eigenvalue weighted by atomic mass is 9.82. The van der Waals surface area contributed by atoms with Gasteiger partial charge in [-0.15, -0.1) is 0 Å². The fourth-order valence-corrected chi connectivity index (χ4v) is 4.20. The normalized spacial score (nSPS) is 27.9. The maximum atomic E-state index is 11.6. The first-order valence-electron chi connectivity index (χ1n) is 6.91. The van der Waals surface area contributed by atoms with Crippen molar-refractivity contribution >= 4 is 9.84 Å². The molecule has 0 aromatic rings. The highest BCUT2D eigenvalue weighted by atomic mass is 32.2. The highest BCUT2D eigenvalue weighted by Gasteiger charge is 2.32. The Kier molecular flexibility index (Phi) is 5.93. The van der Waals surface area contributed by atoms with Crippen molar-refractivity contribution in [2.24, 2.45) is 5.92 Å². The van der Waals surface area contributed by atoms with Gasteiger partial charge in [-0.1, -0.05) is 26.7 Å². The third-order valence-corrected chi connectivity index (χ3v) is 5.55.